The predicted molar refractivity (Wildman–Crippen MR) is 93.9 cm³/mol. The number of amides is 1. The highest BCUT2D eigenvalue weighted by Gasteiger charge is 2.40. The maximum atomic E-state index is 12.9. The summed E-state index contributed by atoms with van der Waals surface area (Å²) in [5, 5.41) is 4.01. The Bertz CT molecular complexity index is 815. The number of carbonyl (C=O) groups excluding carboxylic acids is 1. The highest BCUT2D eigenvalue weighted by atomic mass is 16.2. The van der Waals surface area contributed by atoms with Crippen molar-refractivity contribution in [3.8, 4) is 0 Å². The van der Waals surface area contributed by atoms with E-state index in [9.17, 15) is 9.59 Å². The normalized spacial score (nSPS) is 29.4. The molecule has 0 radical (unpaired) electrons. The minimum absolute atomic E-state index is 0.144. The summed E-state index contributed by atoms with van der Waals surface area (Å²) in [4.78, 5) is 27.6. The van der Waals surface area contributed by atoms with Gasteiger partial charge in [-0.3, -0.25) is 9.59 Å². The number of benzene rings is 1. The lowest BCUT2D eigenvalue weighted by Crippen LogP contribution is -2.53. The topological polar surface area (TPSA) is 88.0 Å². The van der Waals surface area contributed by atoms with E-state index in [2.05, 4.69) is 10.3 Å². The Kier molecular flexibility index (Phi) is 3.88. The SMILES string of the molecule is NC1CC2CCCC(C1)C2NC(=O)c1cc(=O)[nH]c2ccccc12. The number of nitrogens with two attached hydrogens (primary N) is 1. The molecule has 2 aromatic rings. The molecule has 2 atom stereocenters. The molecule has 2 fully saturated rings. The lowest BCUT2D eigenvalue weighted by molar-refractivity contribution is 0.0757. The van der Waals surface area contributed by atoms with Crippen molar-refractivity contribution >= 4 is 16.8 Å². The molecule has 2 unspecified atom stereocenters. The number of nitrogens with one attached hydrogen (secondary N) is 2. The lowest BCUT2D eigenvalue weighted by Gasteiger charge is -2.45. The second-order valence-electron chi connectivity index (χ2n) is 7.27. The molecule has 1 aromatic heterocycles. The molecule has 1 aromatic carbocycles. The van der Waals surface area contributed by atoms with Crippen LogP contribution < -0.4 is 16.6 Å². The number of rotatable bonds is 2. The van der Waals surface area contributed by atoms with Gasteiger partial charge in [0.05, 0.1) is 5.56 Å². The number of carbonyl (C=O) groups is 1. The quantitative estimate of drug-likeness (QED) is 0.790. The van der Waals surface area contributed by atoms with Gasteiger partial charge in [0, 0.05) is 29.1 Å². The summed E-state index contributed by atoms with van der Waals surface area (Å²) in [6.45, 7) is 0. The maximum absolute atomic E-state index is 12.9. The Morgan fingerprint density at radius 1 is 1.17 bits per heavy atom. The molecule has 0 saturated heterocycles. The standard InChI is InChI=1S/C19H23N3O2/c20-13-8-11-4-3-5-12(9-13)18(11)22-19(24)15-10-17(23)21-16-7-2-1-6-14(15)16/h1-2,6-7,10-13,18H,3-5,8-9,20H2,(H,21,23)(H,22,24). The van der Waals surface area contributed by atoms with Crippen LogP contribution in [0.1, 0.15) is 42.5 Å². The summed E-state index contributed by atoms with van der Waals surface area (Å²) in [7, 11) is 0. The van der Waals surface area contributed by atoms with Crippen LogP contribution in [0.2, 0.25) is 0 Å². The van der Waals surface area contributed by atoms with Crippen LogP contribution in [0.15, 0.2) is 35.1 Å². The van der Waals surface area contributed by atoms with Crippen LogP contribution in [0.25, 0.3) is 10.9 Å². The molecule has 126 valence electrons. The molecular weight excluding hydrogens is 302 g/mol. The molecule has 24 heavy (non-hydrogen) atoms. The summed E-state index contributed by atoms with van der Waals surface area (Å²) in [6.07, 6.45) is 5.45. The minimum atomic E-state index is -0.246. The Morgan fingerprint density at radius 2 is 1.88 bits per heavy atom. The van der Waals surface area contributed by atoms with Gasteiger partial charge in [0.25, 0.3) is 5.91 Å². The molecule has 2 aliphatic rings. The fraction of sp³-hybridized carbons (Fsp3) is 0.474. The lowest BCUT2D eigenvalue weighted by atomic mass is 9.67. The van der Waals surface area contributed by atoms with E-state index in [4.69, 9.17) is 5.73 Å². The first-order chi connectivity index (χ1) is 11.6. The third-order valence-electron chi connectivity index (χ3n) is 5.67. The van der Waals surface area contributed by atoms with E-state index in [-0.39, 0.29) is 23.6 Å². The van der Waals surface area contributed by atoms with Crippen molar-refractivity contribution < 1.29 is 4.79 Å². The van der Waals surface area contributed by atoms with Gasteiger partial charge >= 0.3 is 0 Å². The third-order valence-corrected chi connectivity index (χ3v) is 5.67. The fourth-order valence-corrected chi connectivity index (χ4v) is 4.65. The Morgan fingerprint density at radius 3 is 2.62 bits per heavy atom. The van der Waals surface area contributed by atoms with E-state index in [0.717, 1.165) is 31.1 Å². The van der Waals surface area contributed by atoms with Gasteiger partial charge in [-0.2, -0.15) is 0 Å². The van der Waals surface area contributed by atoms with E-state index in [1.165, 1.54) is 12.5 Å². The molecule has 4 N–H and O–H groups in total. The average Bonchev–Trinajstić information content (AvgIpc) is 2.54. The molecule has 1 amide bonds. The maximum Gasteiger partial charge on any atom is 0.252 e. The van der Waals surface area contributed by atoms with Gasteiger partial charge in [-0.1, -0.05) is 24.6 Å². The first-order valence-corrected chi connectivity index (χ1v) is 8.80. The van der Waals surface area contributed by atoms with Crippen molar-refractivity contribution in [2.45, 2.75) is 44.2 Å². The van der Waals surface area contributed by atoms with Crippen LogP contribution in [0.3, 0.4) is 0 Å². The van der Waals surface area contributed by atoms with Crippen molar-refractivity contribution in [3.63, 3.8) is 0 Å². The van der Waals surface area contributed by atoms with Crippen molar-refractivity contribution in [1.82, 2.24) is 10.3 Å². The molecule has 2 bridgehead atoms. The van der Waals surface area contributed by atoms with E-state index < -0.39 is 0 Å². The zero-order valence-electron chi connectivity index (χ0n) is 13.6. The number of aromatic nitrogens is 1. The second-order valence-corrected chi connectivity index (χ2v) is 7.27. The van der Waals surface area contributed by atoms with Crippen LogP contribution in [-0.4, -0.2) is 23.0 Å². The van der Waals surface area contributed by atoms with Crippen LogP contribution >= 0.6 is 0 Å². The van der Waals surface area contributed by atoms with Crippen LogP contribution in [0, 0.1) is 11.8 Å². The first kappa shape index (κ1) is 15.4. The van der Waals surface area contributed by atoms with Crippen LogP contribution in [0.5, 0.6) is 0 Å². The molecular formula is C19H23N3O2. The summed E-state index contributed by atoms with van der Waals surface area (Å²) in [6, 6.07) is 9.28. The molecule has 2 saturated carbocycles. The van der Waals surface area contributed by atoms with E-state index in [0.29, 0.717) is 22.9 Å². The highest BCUT2D eigenvalue weighted by Crippen LogP contribution is 2.39. The van der Waals surface area contributed by atoms with Crippen molar-refractivity contribution in [2.24, 2.45) is 17.6 Å². The van der Waals surface area contributed by atoms with E-state index in [1.807, 2.05) is 24.3 Å². The number of pyridine rings is 1. The molecule has 0 spiro atoms. The molecule has 0 aliphatic heterocycles. The van der Waals surface area contributed by atoms with Gasteiger partial charge in [0.1, 0.15) is 0 Å². The van der Waals surface area contributed by atoms with Gasteiger partial charge in [-0.05, 0) is 43.6 Å². The fourth-order valence-electron chi connectivity index (χ4n) is 4.65. The molecule has 5 heteroatoms. The van der Waals surface area contributed by atoms with E-state index in [1.54, 1.807) is 0 Å². The number of H-pyrrole nitrogens is 1. The van der Waals surface area contributed by atoms with Crippen molar-refractivity contribution in [2.75, 3.05) is 0 Å². The number of hydrogen-bond acceptors (Lipinski definition) is 3. The van der Waals surface area contributed by atoms with Gasteiger partial charge < -0.3 is 16.0 Å². The summed E-state index contributed by atoms with van der Waals surface area (Å²) >= 11 is 0. The van der Waals surface area contributed by atoms with Gasteiger partial charge in [-0.25, -0.2) is 0 Å². The molecule has 4 rings (SSSR count). The summed E-state index contributed by atoms with van der Waals surface area (Å²) in [5.74, 6) is 0.782. The smallest absolute Gasteiger partial charge is 0.252 e. The zero-order chi connectivity index (χ0) is 16.7. The summed E-state index contributed by atoms with van der Waals surface area (Å²) in [5.41, 5.74) is 7.08. The third kappa shape index (κ3) is 2.73. The number of para-hydroxylation sites is 1. The first-order valence-electron chi connectivity index (χ1n) is 8.80. The second kappa shape index (κ2) is 6.06. The van der Waals surface area contributed by atoms with Crippen molar-refractivity contribution in [1.29, 1.82) is 0 Å². The summed E-state index contributed by atoms with van der Waals surface area (Å²) < 4.78 is 0. The average molecular weight is 325 g/mol. The highest BCUT2D eigenvalue weighted by molar-refractivity contribution is 6.06. The predicted octanol–water partition coefficient (Wildman–Crippen LogP) is 2.16. The largest absolute Gasteiger partial charge is 0.349 e. The Hall–Kier alpha value is -2.14. The number of aromatic amines is 1. The number of hydrogen-bond donors (Lipinski definition) is 3. The monoisotopic (exact) mass is 325 g/mol. The van der Waals surface area contributed by atoms with Gasteiger partial charge in [0.15, 0.2) is 0 Å². The molecule has 1 heterocycles. The van der Waals surface area contributed by atoms with Gasteiger partial charge in [0.2, 0.25) is 5.56 Å². The zero-order valence-corrected chi connectivity index (χ0v) is 13.6. The van der Waals surface area contributed by atoms with Crippen LogP contribution in [0.4, 0.5) is 0 Å². The van der Waals surface area contributed by atoms with Crippen LogP contribution in [-0.2, 0) is 0 Å². The van der Waals surface area contributed by atoms with E-state index >= 15 is 0 Å². The molecule has 2 aliphatic carbocycles. The Balaban J connectivity index is 1.64. The van der Waals surface area contributed by atoms with Gasteiger partial charge in [-0.15, -0.1) is 0 Å². The van der Waals surface area contributed by atoms with Crippen molar-refractivity contribution in [3.05, 3.63) is 46.2 Å². The molecule has 5 nitrogen and oxygen atoms in total. The number of fused-ring (bicyclic) bond motifs is 3. The minimum Gasteiger partial charge on any atom is -0.349 e. The Labute approximate surface area is 140 Å².